The molecule has 3 rings (SSSR count). The Balaban J connectivity index is 1.98. The van der Waals surface area contributed by atoms with Gasteiger partial charge in [0.25, 0.3) is 10.0 Å². The topological polar surface area (TPSA) is 84.9 Å². The molecule has 0 fully saturated rings. The lowest BCUT2D eigenvalue weighted by molar-refractivity contribution is -0.114. The van der Waals surface area contributed by atoms with Crippen LogP contribution in [-0.4, -0.2) is 35.1 Å². The smallest absolute Gasteiger partial charge is 0.264 e. The van der Waals surface area contributed by atoms with Crippen LogP contribution >= 0.6 is 0 Å². The zero-order valence-corrected chi connectivity index (χ0v) is 18.3. The number of halogens is 3. The Labute approximate surface area is 188 Å². The maximum absolute atomic E-state index is 13.4. The third kappa shape index (κ3) is 5.37. The number of amides is 1. The van der Waals surface area contributed by atoms with Gasteiger partial charge in [-0.05, 0) is 48.5 Å². The van der Waals surface area contributed by atoms with Gasteiger partial charge in [0.2, 0.25) is 5.91 Å². The van der Waals surface area contributed by atoms with E-state index in [0.717, 1.165) is 34.6 Å². The molecule has 0 aliphatic heterocycles. The number of anilines is 2. The molecule has 11 heteroatoms. The molecule has 1 N–H and O–H groups in total. The van der Waals surface area contributed by atoms with Gasteiger partial charge in [0.15, 0.2) is 23.1 Å². The van der Waals surface area contributed by atoms with Crippen molar-refractivity contribution in [2.75, 3.05) is 30.4 Å². The van der Waals surface area contributed by atoms with Crippen LogP contribution in [0.15, 0.2) is 65.6 Å². The predicted molar refractivity (Wildman–Crippen MR) is 115 cm³/mol. The maximum atomic E-state index is 13.4. The Morgan fingerprint density at radius 2 is 1.55 bits per heavy atom. The predicted octanol–water partition coefficient (Wildman–Crippen LogP) is 3.96. The van der Waals surface area contributed by atoms with E-state index in [1.165, 1.54) is 44.6 Å². The Morgan fingerprint density at radius 1 is 0.879 bits per heavy atom. The lowest BCUT2D eigenvalue weighted by Gasteiger charge is -2.24. The van der Waals surface area contributed by atoms with Crippen LogP contribution in [-0.2, 0) is 14.8 Å². The lowest BCUT2D eigenvalue weighted by atomic mass is 10.3. The van der Waals surface area contributed by atoms with Crippen LogP contribution in [0.1, 0.15) is 0 Å². The number of ether oxygens (including phenoxy) is 2. The molecule has 0 atom stereocenters. The highest BCUT2D eigenvalue weighted by molar-refractivity contribution is 7.92. The van der Waals surface area contributed by atoms with Gasteiger partial charge in [-0.3, -0.25) is 9.10 Å². The summed E-state index contributed by atoms with van der Waals surface area (Å²) in [5.41, 5.74) is -0.0620. The molecule has 33 heavy (non-hydrogen) atoms. The fourth-order valence-corrected chi connectivity index (χ4v) is 4.37. The molecule has 0 unspecified atom stereocenters. The summed E-state index contributed by atoms with van der Waals surface area (Å²) in [5.74, 6) is -3.29. The van der Waals surface area contributed by atoms with Crippen LogP contribution in [0, 0.1) is 17.5 Å². The van der Waals surface area contributed by atoms with E-state index in [9.17, 15) is 26.4 Å². The van der Waals surface area contributed by atoms with Crippen LogP contribution in [0.5, 0.6) is 11.5 Å². The van der Waals surface area contributed by atoms with Crippen molar-refractivity contribution in [3.8, 4) is 11.5 Å². The van der Waals surface area contributed by atoms with Gasteiger partial charge in [0, 0.05) is 17.8 Å². The minimum absolute atomic E-state index is 0.00613. The Kier molecular flexibility index (Phi) is 7.12. The summed E-state index contributed by atoms with van der Waals surface area (Å²) >= 11 is 0. The average Bonchev–Trinajstić information content (AvgIpc) is 2.80. The van der Waals surface area contributed by atoms with Gasteiger partial charge in [0.1, 0.15) is 12.4 Å². The first-order valence-electron chi connectivity index (χ1n) is 9.41. The van der Waals surface area contributed by atoms with E-state index in [0.29, 0.717) is 5.75 Å². The first-order valence-corrected chi connectivity index (χ1v) is 10.8. The highest BCUT2D eigenvalue weighted by Crippen LogP contribution is 2.32. The number of benzene rings is 3. The highest BCUT2D eigenvalue weighted by atomic mass is 32.2. The molecular formula is C22H19F3N2O5S. The molecule has 3 aromatic carbocycles. The third-order valence-corrected chi connectivity index (χ3v) is 6.32. The molecule has 0 radical (unpaired) electrons. The van der Waals surface area contributed by atoms with Gasteiger partial charge < -0.3 is 14.8 Å². The van der Waals surface area contributed by atoms with E-state index < -0.39 is 39.9 Å². The Hall–Kier alpha value is -3.73. The molecular weight excluding hydrogens is 461 g/mol. The van der Waals surface area contributed by atoms with Gasteiger partial charge in [0.05, 0.1) is 24.8 Å². The number of hydrogen-bond donors (Lipinski definition) is 1. The molecule has 3 aromatic rings. The molecule has 174 valence electrons. The summed E-state index contributed by atoms with van der Waals surface area (Å²) in [6, 6.07) is 11.0. The van der Waals surface area contributed by atoms with E-state index in [1.807, 2.05) is 0 Å². The number of methoxy groups -OCH3 is 2. The lowest BCUT2D eigenvalue weighted by Crippen LogP contribution is -2.38. The highest BCUT2D eigenvalue weighted by Gasteiger charge is 2.28. The molecule has 0 spiro atoms. The van der Waals surface area contributed by atoms with Crippen molar-refractivity contribution < 1.29 is 35.9 Å². The summed E-state index contributed by atoms with van der Waals surface area (Å²) in [7, 11) is -1.62. The van der Waals surface area contributed by atoms with E-state index in [-0.39, 0.29) is 22.0 Å². The van der Waals surface area contributed by atoms with Crippen molar-refractivity contribution in [3.63, 3.8) is 0 Å². The number of carbonyl (C=O) groups excluding carboxylic acids is 1. The monoisotopic (exact) mass is 480 g/mol. The fraction of sp³-hybridized carbons (Fsp3) is 0.136. The standard InChI is InChI=1S/C22H19F3N2O5S/c1-31-20-10-8-17(12-21(20)32-2)33(29,30)27(16-6-3-14(23)4-7-16)13-22(28)26-15-5-9-18(24)19(25)11-15/h3-12H,13H2,1-2H3,(H,26,28). The summed E-state index contributed by atoms with van der Waals surface area (Å²) in [6.45, 7) is -0.735. The number of rotatable bonds is 8. The van der Waals surface area contributed by atoms with Gasteiger partial charge in [-0.2, -0.15) is 0 Å². The SMILES string of the molecule is COc1ccc(S(=O)(=O)N(CC(=O)Nc2ccc(F)c(F)c2)c2ccc(F)cc2)cc1OC. The second kappa shape index (κ2) is 9.82. The maximum Gasteiger partial charge on any atom is 0.264 e. The van der Waals surface area contributed by atoms with Crippen molar-refractivity contribution in [2.24, 2.45) is 0 Å². The summed E-state index contributed by atoms with van der Waals surface area (Å²) in [5, 5.41) is 2.32. The van der Waals surface area contributed by atoms with Crippen molar-refractivity contribution in [1.29, 1.82) is 0 Å². The first kappa shape index (κ1) is 23.9. The molecule has 7 nitrogen and oxygen atoms in total. The minimum atomic E-state index is -4.35. The Morgan fingerprint density at radius 3 is 2.15 bits per heavy atom. The summed E-state index contributed by atoms with van der Waals surface area (Å²) in [6.07, 6.45) is 0. The van der Waals surface area contributed by atoms with E-state index >= 15 is 0 Å². The number of hydrogen-bond acceptors (Lipinski definition) is 5. The fourth-order valence-electron chi connectivity index (χ4n) is 2.93. The number of nitrogens with one attached hydrogen (secondary N) is 1. The second-order valence-electron chi connectivity index (χ2n) is 6.68. The van der Waals surface area contributed by atoms with Gasteiger partial charge >= 0.3 is 0 Å². The van der Waals surface area contributed by atoms with Crippen LogP contribution in [0.25, 0.3) is 0 Å². The quantitative estimate of drug-likeness (QED) is 0.528. The van der Waals surface area contributed by atoms with Crippen molar-refractivity contribution in [1.82, 2.24) is 0 Å². The number of nitrogens with zero attached hydrogens (tertiary/aromatic N) is 1. The number of carbonyl (C=O) groups is 1. The Bertz CT molecular complexity index is 1270. The molecule has 0 aliphatic rings. The molecule has 0 saturated carbocycles. The van der Waals surface area contributed by atoms with Crippen LogP contribution in [0.2, 0.25) is 0 Å². The van der Waals surface area contributed by atoms with Crippen molar-refractivity contribution >= 4 is 27.3 Å². The van der Waals surface area contributed by atoms with Gasteiger partial charge in [-0.1, -0.05) is 0 Å². The summed E-state index contributed by atoms with van der Waals surface area (Å²) in [4.78, 5) is 12.4. The second-order valence-corrected chi connectivity index (χ2v) is 8.54. The molecule has 0 aliphatic carbocycles. The molecule has 0 heterocycles. The minimum Gasteiger partial charge on any atom is -0.493 e. The largest absolute Gasteiger partial charge is 0.493 e. The van der Waals surface area contributed by atoms with Gasteiger partial charge in [-0.15, -0.1) is 0 Å². The average molecular weight is 480 g/mol. The molecule has 0 bridgehead atoms. The van der Waals surface area contributed by atoms with Gasteiger partial charge in [-0.25, -0.2) is 21.6 Å². The molecule has 0 aromatic heterocycles. The van der Waals surface area contributed by atoms with Crippen LogP contribution in [0.4, 0.5) is 24.5 Å². The zero-order chi connectivity index (χ0) is 24.2. The van der Waals surface area contributed by atoms with Crippen LogP contribution < -0.4 is 19.1 Å². The zero-order valence-electron chi connectivity index (χ0n) is 17.5. The normalized spacial score (nSPS) is 11.1. The summed E-state index contributed by atoms with van der Waals surface area (Å²) < 4.78 is 77.9. The van der Waals surface area contributed by atoms with Crippen molar-refractivity contribution in [2.45, 2.75) is 4.90 Å². The van der Waals surface area contributed by atoms with Crippen LogP contribution in [0.3, 0.4) is 0 Å². The third-order valence-electron chi connectivity index (χ3n) is 4.55. The first-order chi connectivity index (χ1) is 15.6. The van der Waals surface area contributed by atoms with E-state index in [1.54, 1.807) is 0 Å². The van der Waals surface area contributed by atoms with E-state index in [4.69, 9.17) is 9.47 Å². The van der Waals surface area contributed by atoms with Crippen molar-refractivity contribution in [3.05, 3.63) is 78.1 Å². The van der Waals surface area contributed by atoms with E-state index in [2.05, 4.69) is 5.32 Å². The molecule has 0 saturated heterocycles. The number of sulfonamides is 1. The molecule has 1 amide bonds.